The van der Waals surface area contributed by atoms with Crippen molar-refractivity contribution in [1.29, 1.82) is 0 Å². The Bertz CT molecular complexity index is 521. The van der Waals surface area contributed by atoms with Crippen LogP contribution in [0.1, 0.15) is 24.9 Å². The van der Waals surface area contributed by atoms with Gasteiger partial charge in [0, 0.05) is 23.6 Å². The van der Waals surface area contributed by atoms with Gasteiger partial charge in [-0.3, -0.25) is 14.5 Å². The van der Waals surface area contributed by atoms with E-state index in [1.807, 2.05) is 36.1 Å². The van der Waals surface area contributed by atoms with Gasteiger partial charge in [0.2, 0.25) is 5.91 Å². The number of benzene rings is 1. The van der Waals surface area contributed by atoms with Crippen molar-refractivity contribution in [3.05, 3.63) is 34.3 Å². The zero-order valence-electron chi connectivity index (χ0n) is 11.2. The number of rotatable bonds is 4. The fraction of sp³-hybridized carbons (Fsp3) is 0.429. The maximum atomic E-state index is 11.9. The lowest BCUT2D eigenvalue weighted by Crippen LogP contribution is -2.56. The Balaban J connectivity index is 2.23. The second-order valence-corrected chi connectivity index (χ2v) is 5.79. The molecule has 1 aliphatic heterocycles. The van der Waals surface area contributed by atoms with E-state index in [0.29, 0.717) is 13.1 Å². The number of aliphatic carboxylic acids is 1. The highest BCUT2D eigenvalue weighted by Crippen LogP contribution is 2.26. The summed E-state index contributed by atoms with van der Waals surface area (Å²) in [5.41, 5.74) is 1.06. The number of hydrogen-bond acceptors (Lipinski definition) is 3. The predicted octanol–water partition coefficient (Wildman–Crippen LogP) is 1.79. The van der Waals surface area contributed by atoms with Crippen molar-refractivity contribution in [2.24, 2.45) is 0 Å². The van der Waals surface area contributed by atoms with E-state index < -0.39 is 12.0 Å². The van der Waals surface area contributed by atoms with Crippen LogP contribution in [0.2, 0.25) is 0 Å². The average Bonchev–Trinajstić information content (AvgIpc) is 2.40. The standard InChI is InChI=1S/C14H17BrN2O3/c1-9(10-3-2-4-11(15)7-10)17-6-5-16-14(20)12(17)8-13(18)19/h2-4,7,9,12H,5-6,8H2,1H3,(H,16,20)(H,18,19). The molecule has 2 rings (SSSR count). The van der Waals surface area contributed by atoms with E-state index in [2.05, 4.69) is 21.2 Å². The van der Waals surface area contributed by atoms with Gasteiger partial charge in [0.1, 0.15) is 6.04 Å². The Kier molecular flexibility index (Phi) is 4.77. The number of amides is 1. The molecule has 1 fully saturated rings. The molecule has 108 valence electrons. The fourth-order valence-corrected chi connectivity index (χ4v) is 2.95. The van der Waals surface area contributed by atoms with Crippen molar-refractivity contribution in [3.8, 4) is 0 Å². The Morgan fingerprint density at radius 2 is 2.35 bits per heavy atom. The first kappa shape index (κ1) is 15.0. The van der Waals surface area contributed by atoms with Crippen LogP contribution in [0.25, 0.3) is 0 Å². The zero-order valence-corrected chi connectivity index (χ0v) is 12.8. The summed E-state index contributed by atoms with van der Waals surface area (Å²) in [6, 6.07) is 7.23. The quantitative estimate of drug-likeness (QED) is 0.876. The number of halogens is 1. The summed E-state index contributed by atoms with van der Waals surface area (Å²) < 4.78 is 0.970. The molecule has 1 aromatic carbocycles. The summed E-state index contributed by atoms with van der Waals surface area (Å²) in [7, 11) is 0. The third-order valence-electron chi connectivity index (χ3n) is 3.57. The van der Waals surface area contributed by atoms with Gasteiger partial charge in [-0.2, -0.15) is 0 Å². The largest absolute Gasteiger partial charge is 0.481 e. The average molecular weight is 341 g/mol. The van der Waals surface area contributed by atoms with Crippen molar-refractivity contribution in [1.82, 2.24) is 10.2 Å². The number of hydrogen-bond donors (Lipinski definition) is 2. The molecule has 0 spiro atoms. The summed E-state index contributed by atoms with van der Waals surface area (Å²) >= 11 is 3.43. The van der Waals surface area contributed by atoms with Crippen molar-refractivity contribution in [3.63, 3.8) is 0 Å². The van der Waals surface area contributed by atoms with Gasteiger partial charge < -0.3 is 10.4 Å². The molecule has 0 saturated carbocycles. The van der Waals surface area contributed by atoms with Crippen LogP contribution >= 0.6 is 15.9 Å². The predicted molar refractivity (Wildman–Crippen MR) is 78.3 cm³/mol. The molecule has 0 aliphatic carbocycles. The van der Waals surface area contributed by atoms with Crippen LogP contribution in [0.3, 0.4) is 0 Å². The van der Waals surface area contributed by atoms with E-state index in [1.165, 1.54) is 0 Å². The van der Waals surface area contributed by atoms with E-state index in [4.69, 9.17) is 5.11 Å². The summed E-state index contributed by atoms with van der Waals surface area (Å²) in [5, 5.41) is 11.7. The molecule has 20 heavy (non-hydrogen) atoms. The topological polar surface area (TPSA) is 69.6 Å². The number of carboxylic acid groups (broad SMARTS) is 1. The Hall–Kier alpha value is -1.40. The van der Waals surface area contributed by atoms with Gasteiger partial charge in [0.05, 0.1) is 6.42 Å². The maximum absolute atomic E-state index is 11.9. The normalized spacial score (nSPS) is 21.3. The smallest absolute Gasteiger partial charge is 0.305 e. The van der Waals surface area contributed by atoms with Gasteiger partial charge in [-0.05, 0) is 24.6 Å². The molecule has 2 atom stereocenters. The molecule has 1 amide bonds. The first-order valence-corrected chi connectivity index (χ1v) is 7.29. The lowest BCUT2D eigenvalue weighted by atomic mass is 10.0. The first-order valence-electron chi connectivity index (χ1n) is 6.49. The molecule has 0 aromatic heterocycles. The number of nitrogens with zero attached hydrogens (tertiary/aromatic N) is 1. The fourth-order valence-electron chi connectivity index (χ4n) is 2.53. The molecular formula is C14H17BrN2O3. The van der Waals surface area contributed by atoms with E-state index in [-0.39, 0.29) is 18.4 Å². The molecular weight excluding hydrogens is 324 g/mol. The van der Waals surface area contributed by atoms with Crippen molar-refractivity contribution < 1.29 is 14.7 Å². The van der Waals surface area contributed by atoms with Crippen molar-refractivity contribution in [2.75, 3.05) is 13.1 Å². The van der Waals surface area contributed by atoms with Crippen LogP contribution < -0.4 is 5.32 Å². The molecule has 0 bridgehead atoms. The molecule has 1 aliphatic rings. The van der Waals surface area contributed by atoms with Gasteiger partial charge in [-0.15, -0.1) is 0 Å². The molecule has 2 N–H and O–H groups in total. The highest BCUT2D eigenvalue weighted by atomic mass is 79.9. The minimum Gasteiger partial charge on any atom is -0.481 e. The van der Waals surface area contributed by atoms with E-state index >= 15 is 0 Å². The molecule has 1 heterocycles. The van der Waals surface area contributed by atoms with Crippen LogP contribution in [0, 0.1) is 0 Å². The van der Waals surface area contributed by atoms with Crippen LogP contribution in [0.5, 0.6) is 0 Å². The van der Waals surface area contributed by atoms with Crippen LogP contribution in [-0.4, -0.2) is 41.0 Å². The lowest BCUT2D eigenvalue weighted by molar-refractivity contribution is -0.143. The molecule has 6 heteroatoms. The first-order chi connectivity index (χ1) is 9.49. The van der Waals surface area contributed by atoms with Crippen molar-refractivity contribution >= 4 is 27.8 Å². The number of nitrogens with one attached hydrogen (secondary N) is 1. The summed E-state index contributed by atoms with van der Waals surface area (Å²) in [6.45, 7) is 3.19. The van der Waals surface area contributed by atoms with Gasteiger partial charge in [-0.25, -0.2) is 0 Å². The number of piperazine rings is 1. The molecule has 5 nitrogen and oxygen atoms in total. The number of carbonyl (C=O) groups is 2. The summed E-state index contributed by atoms with van der Waals surface area (Å²) in [5.74, 6) is -1.17. The molecule has 1 aromatic rings. The summed E-state index contributed by atoms with van der Waals surface area (Å²) in [4.78, 5) is 24.8. The highest BCUT2D eigenvalue weighted by molar-refractivity contribution is 9.10. The third-order valence-corrected chi connectivity index (χ3v) is 4.06. The zero-order chi connectivity index (χ0) is 14.7. The Morgan fingerprint density at radius 1 is 1.60 bits per heavy atom. The van der Waals surface area contributed by atoms with Gasteiger partial charge in [0.15, 0.2) is 0 Å². The molecule has 0 radical (unpaired) electrons. The van der Waals surface area contributed by atoms with Crippen molar-refractivity contribution in [2.45, 2.75) is 25.4 Å². The van der Waals surface area contributed by atoms with Crippen LogP contribution in [0.4, 0.5) is 0 Å². The summed E-state index contributed by atoms with van der Waals surface area (Å²) in [6.07, 6.45) is -0.176. The molecule has 2 unspecified atom stereocenters. The lowest BCUT2D eigenvalue weighted by Gasteiger charge is -2.38. The minimum atomic E-state index is -0.960. The van der Waals surface area contributed by atoms with Crippen LogP contribution in [-0.2, 0) is 9.59 Å². The van der Waals surface area contributed by atoms with E-state index in [1.54, 1.807) is 0 Å². The molecule has 1 saturated heterocycles. The minimum absolute atomic E-state index is 0.0112. The second-order valence-electron chi connectivity index (χ2n) is 4.87. The maximum Gasteiger partial charge on any atom is 0.305 e. The monoisotopic (exact) mass is 340 g/mol. The van der Waals surface area contributed by atoms with Gasteiger partial charge in [-0.1, -0.05) is 28.1 Å². The second kappa shape index (κ2) is 6.37. The SMILES string of the molecule is CC(c1cccc(Br)c1)N1CCNC(=O)C1CC(=O)O. The van der Waals surface area contributed by atoms with Crippen LogP contribution in [0.15, 0.2) is 28.7 Å². The van der Waals surface area contributed by atoms with E-state index in [9.17, 15) is 9.59 Å². The number of carboxylic acids is 1. The Morgan fingerprint density at radius 3 is 3.00 bits per heavy atom. The highest BCUT2D eigenvalue weighted by Gasteiger charge is 2.34. The van der Waals surface area contributed by atoms with E-state index in [0.717, 1.165) is 10.0 Å². The third kappa shape index (κ3) is 3.37. The number of carbonyl (C=O) groups excluding carboxylic acids is 1. The Labute approximate surface area is 126 Å². The van der Waals surface area contributed by atoms with Gasteiger partial charge >= 0.3 is 5.97 Å². The van der Waals surface area contributed by atoms with Gasteiger partial charge in [0.25, 0.3) is 0 Å².